The summed E-state index contributed by atoms with van der Waals surface area (Å²) in [6.45, 7) is 2.88. The Labute approximate surface area is 165 Å². The summed E-state index contributed by atoms with van der Waals surface area (Å²) in [6, 6.07) is 4.12. The maximum absolute atomic E-state index is 12.5. The zero-order valence-corrected chi connectivity index (χ0v) is 16.6. The van der Waals surface area contributed by atoms with E-state index in [1.807, 2.05) is 19.1 Å². The van der Waals surface area contributed by atoms with E-state index in [1.165, 1.54) is 5.56 Å². The molecule has 2 heterocycles. The maximum Gasteiger partial charge on any atom is 0.166 e. The highest BCUT2D eigenvalue weighted by Gasteiger charge is 2.44. The molecule has 1 aromatic carbocycles. The molecule has 0 saturated heterocycles. The SMILES string of the molecule is COc1cc2c(cc1OC)[C@H]1[C@@H](C)/C(=N\O)C3=C(CCCC3=O)N1CC2.Cl. The van der Waals surface area contributed by atoms with E-state index >= 15 is 0 Å². The van der Waals surface area contributed by atoms with Gasteiger partial charge in [0.15, 0.2) is 17.3 Å². The van der Waals surface area contributed by atoms with Crippen LogP contribution < -0.4 is 9.47 Å². The predicted molar refractivity (Wildman–Crippen MR) is 104 cm³/mol. The second-order valence-corrected chi connectivity index (χ2v) is 7.17. The maximum atomic E-state index is 12.5. The van der Waals surface area contributed by atoms with Crippen molar-refractivity contribution in [2.75, 3.05) is 20.8 Å². The van der Waals surface area contributed by atoms with Gasteiger partial charge in [-0.3, -0.25) is 4.79 Å². The minimum atomic E-state index is -0.0852. The number of ketones is 1. The van der Waals surface area contributed by atoms with Crippen LogP contribution in [0.3, 0.4) is 0 Å². The van der Waals surface area contributed by atoms with Crippen LogP contribution in [0, 0.1) is 5.92 Å². The highest BCUT2D eigenvalue weighted by atomic mass is 35.5. The van der Waals surface area contributed by atoms with Gasteiger partial charge in [0.1, 0.15) is 0 Å². The third kappa shape index (κ3) is 2.87. The van der Waals surface area contributed by atoms with Crippen molar-refractivity contribution in [3.05, 3.63) is 34.5 Å². The molecule has 1 aliphatic carbocycles. The van der Waals surface area contributed by atoms with Crippen molar-refractivity contribution >= 4 is 23.9 Å². The number of carbonyl (C=O) groups is 1. The number of benzene rings is 1. The lowest BCUT2D eigenvalue weighted by Gasteiger charge is -2.48. The number of oxime groups is 1. The highest BCUT2D eigenvalue weighted by Crippen LogP contribution is 2.48. The topological polar surface area (TPSA) is 71.4 Å². The molecule has 1 N–H and O–H groups in total. The number of hydrogen-bond donors (Lipinski definition) is 1. The smallest absolute Gasteiger partial charge is 0.166 e. The monoisotopic (exact) mass is 392 g/mol. The fourth-order valence-electron chi connectivity index (χ4n) is 4.74. The molecule has 2 aliphatic heterocycles. The molecular formula is C20H25ClN2O4. The molecule has 0 spiro atoms. The Hall–Kier alpha value is -2.21. The molecule has 27 heavy (non-hydrogen) atoms. The first-order valence-electron chi connectivity index (χ1n) is 9.10. The number of Topliss-reactive ketones (excluding diaryl/α,β-unsaturated/α-hetero) is 1. The van der Waals surface area contributed by atoms with Gasteiger partial charge in [-0.1, -0.05) is 12.1 Å². The molecule has 0 unspecified atom stereocenters. The Balaban J connectivity index is 0.00000210. The Morgan fingerprint density at radius 1 is 1.15 bits per heavy atom. The van der Waals surface area contributed by atoms with E-state index in [2.05, 4.69) is 10.1 Å². The quantitative estimate of drug-likeness (QED) is 0.616. The Kier molecular flexibility index (Phi) is 5.38. The van der Waals surface area contributed by atoms with Gasteiger partial charge in [-0.05, 0) is 42.5 Å². The zero-order valence-electron chi connectivity index (χ0n) is 15.8. The average molecular weight is 393 g/mol. The molecule has 4 rings (SSSR count). The van der Waals surface area contributed by atoms with Gasteiger partial charge >= 0.3 is 0 Å². The van der Waals surface area contributed by atoms with Crippen LogP contribution in [0.1, 0.15) is 43.4 Å². The van der Waals surface area contributed by atoms with Crippen LogP contribution in [0.2, 0.25) is 0 Å². The Morgan fingerprint density at radius 2 is 1.85 bits per heavy atom. The van der Waals surface area contributed by atoms with Gasteiger partial charge in [-0.25, -0.2) is 0 Å². The van der Waals surface area contributed by atoms with E-state index in [9.17, 15) is 10.0 Å². The molecule has 0 saturated carbocycles. The molecule has 2 atom stereocenters. The molecule has 0 fully saturated rings. The summed E-state index contributed by atoms with van der Waals surface area (Å²) in [6.07, 6.45) is 3.12. The van der Waals surface area contributed by atoms with E-state index in [0.29, 0.717) is 23.5 Å². The molecule has 0 bridgehead atoms. The molecule has 7 heteroatoms. The summed E-state index contributed by atoms with van der Waals surface area (Å²) in [5, 5.41) is 13.2. The molecular weight excluding hydrogens is 368 g/mol. The van der Waals surface area contributed by atoms with Crippen LogP contribution in [0.25, 0.3) is 0 Å². The van der Waals surface area contributed by atoms with Crippen LogP contribution in [0.5, 0.6) is 11.5 Å². The van der Waals surface area contributed by atoms with Gasteiger partial charge in [0.25, 0.3) is 0 Å². The summed E-state index contributed by atoms with van der Waals surface area (Å²) in [5.41, 5.74) is 4.59. The fraction of sp³-hybridized carbons (Fsp3) is 0.500. The van der Waals surface area contributed by atoms with E-state index in [-0.39, 0.29) is 30.2 Å². The zero-order chi connectivity index (χ0) is 18.4. The lowest BCUT2D eigenvalue weighted by molar-refractivity contribution is -0.116. The summed E-state index contributed by atoms with van der Waals surface area (Å²) >= 11 is 0. The first-order valence-corrected chi connectivity index (χ1v) is 9.10. The number of fused-ring (bicyclic) bond motifs is 4. The lowest BCUT2D eigenvalue weighted by Crippen LogP contribution is -2.47. The summed E-state index contributed by atoms with van der Waals surface area (Å²) in [5.74, 6) is 1.44. The summed E-state index contributed by atoms with van der Waals surface area (Å²) in [7, 11) is 3.28. The Morgan fingerprint density at radius 3 is 2.52 bits per heavy atom. The predicted octanol–water partition coefficient (Wildman–Crippen LogP) is 3.51. The van der Waals surface area contributed by atoms with Crippen molar-refractivity contribution in [3.8, 4) is 11.5 Å². The molecule has 3 aliphatic rings. The number of carbonyl (C=O) groups excluding carboxylic acids is 1. The third-order valence-electron chi connectivity index (χ3n) is 5.92. The van der Waals surface area contributed by atoms with Crippen molar-refractivity contribution in [3.63, 3.8) is 0 Å². The first kappa shape index (κ1) is 19.5. The van der Waals surface area contributed by atoms with Gasteiger partial charge < -0.3 is 19.6 Å². The van der Waals surface area contributed by atoms with E-state index in [4.69, 9.17) is 9.47 Å². The standard InChI is InChI=1S/C20H24N2O4.ClH/c1-11-19(21-24)18-14(5-4-6-15(18)23)22-8-7-12-9-16(25-2)17(26-3)10-13(12)20(11)22;/h9-11,20,24H,4-8H2,1-3H3;1H/b21-19+;/t11-,20+;/m0./s1. The summed E-state index contributed by atoms with van der Waals surface area (Å²) in [4.78, 5) is 14.9. The molecule has 1 aromatic rings. The van der Waals surface area contributed by atoms with E-state index in [0.717, 1.165) is 42.8 Å². The van der Waals surface area contributed by atoms with Gasteiger partial charge in [-0.2, -0.15) is 0 Å². The number of halogens is 1. The number of nitrogens with zero attached hydrogens (tertiary/aromatic N) is 2. The fourth-order valence-corrected chi connectivity index (χ4v) is 4.74. The second-order valence-electron chi connectivity index (χ2n) is 7.17. The van der Waals surface area contributed by atoms with Crippen molar-refractivity contribution in [1.29, 1.82) is 0 Å². The Bertz CT molecular complexity index is 834. The summed E-state index contributed by atoms with van der Waals surface area (Å²) < 4.78 is 11.0. The molecule has 146 valence electrons. The van der Waals surface area contributed by atoms with Gasteiger partial charge in [0.05, 0.1) is 31.5 Å². The van der Waals surface area contributed by atoms with Crippen molar-refractivity contribution in [2.24, 2.45) is 11.1 Å². The highest BCUT2D eigenvalue weighted by molar-refractivity contribution is 6.24. The number of methoxy groups -OCH3 is 2. The van der Waals surface area contributed by atoms with Crippen LogP contribution in [0.4, 0.5) is 0 Å². The van der Waals surface area contributed by atoms with Crippen LogP contribution >= 0.6 is 12.4 Å². The second kappa shape index (κ2) is 7.43. The minimum Gasteiger partial charge on any atom is -0.493 e. The van der Waals surface area contributed by atoms with Gasteiger partial charge in [0, 0.05) is 24.6 Å². The number of rotatable bonds is 2. The van der Waals surface area contributed by atoms with Crippen LogP contribution in [0.15, 0.2) is 28.6 Å². The largest absolute Gasteiger partial charge is 0.493 e. The van der Waals surface area contributed by atoms with Gasteiger partial charge in [-0.15, -0.1) is 12.4 Å². The van der Waals surface area contributed by atoms with Gasteiger partial charge in [0.2, 0.25) is 0 Å². The average Bonchev–Trinajstić information content (AvgIpc) is 2.67. The molecule has 0 aromatic heterocycles. The number of ether oxygens (including phenoxy) is 2. The number of allylic oxidation sites excluding steroid dienone is 2. The first-order chi connectivity index (χ1) is 12.6. The van der Waals surface area contributed by atoms with E-state index < -0.39 is 0 Å². The lowest BCUT2D eigenvalue weighted by atomic mass is 9.74. The molecule has 0 amide bonds. The number of hydrogen-bond acceptors (Lipinski definition) is 6. The van der Waals surface area contributed by atoms with Crippen molar-refractivity contribution in [1.82, 2.24) is 4.90 Å². The normalized spacial score (nSPS) is 25.4. The van der Waals surface area contributed by atoms with E-state index in [1.54, 1.807) is 14.2 Å². The molecule has 0 radical (unpaired) electrons. The third-order valence-corrected chi connectivity index (χ3v) is 5.92. The van der Waals surface area contributed by atoms with Crippen molar-refractivity contribution in [2.45, 2.75) is 38.6 Å². The van der Waals surface area contributed by atoms with Crippen molar-refractivity contribution < 1.29 is 19.5 Å². The minimum absolute atomic E-state index is 0. The van der Waals surface area contributed by atoms with Crippen LogP contribution in [-0.2, 0) is 11.2 Å². The van der Waals surface area contributed by atoms with Crippen LogP contribution in [-0.4, -0.2) is 42.4 Å². The molecule has 6 nitrogen and oxygen atoms in total.